The highest BCUT2D eigenvalue weighted by Crippen LogP contribution is 2.52. The number of carbonyl (C=O) groups excluding carboxylic acids is 1. The Morgan fingerprint density at radius 3 is 2.74 bits per heavy atom. The van der Waals surface area contributed by atoms with Crippen LogP contribution in [0.1, 0.15) is 23.1 Å². The molecule has 0 saturated heterocycles. The van der Waals surface area contributed by atoms with Crippen molar-refractivity contribution >= 4 is 11.6 Å². The largest absolute Gasteiger partial charge is 0.492 e. The second-order valence-electron chi connectivity index (χ2n) is 6.95. The maximum absolute atomic E-state index is 12.6. The molecule has 27 heavy (non-hydrogen) atoms. The lowest BCUT2D eigenvalue weighted by Gasteiger charge is -2.29. The number of amides is 1. The second-order valence-corrected chi connectivity index (χ2v) is 6.95. The summed E-state index contributed by atoms with van der Waals surface area (Å²) in [5.41, 5.74) is 4.04. The van der Waals surface area contributed by atoms with Crippen LogP contribution in [0.3, 0.4) is 0 Å². The number of rotatable bonds is 5. The quantitative estimate of drug-likeness (QED) is 0.879. The molecule has 2 heterocycles. The number of hydrogen-bond acceptors (Lipinski definition) is 5. The Bertz CT molecular complexity index is 851. The van der Waals surface area contributed by atoms with E-state index in [4.69, 9.17) is 14.2 Å². The molecule has 0 spiro atoms. The first-order valence-corrected chi connectivity index (χ1v) is 9.21. The van der Waals surface area contributed by atoms with Gasteiger partial charge in [-0.2, -0.15) is 0 Å². The first-order chi connectivity index (χ1) is 13.2. The summed E-state index contributed by atoms with van der Waals surface area (Å²) in [6.45, 7) is 1.81. The summed E-state index contributed by atoms with van der Waals surface area (Å²) in [5.74, 6) is 1.86. The highest BCUT2D eigenvalue weighted by molar-refractivity contribution is 5.95. The number of likely N-dealkylation sites (N-methyl/N-ethyl adjacent to an activating group) is 1. The van der Waals surface area contributed by atoms with Gasteiger partial charge in [0.15, 0.2) is 11.5 Å². The maximum Gasteiger partial charge on any atom is 0.231 e. The Morgan fingerprint density at radius 2 is 1.96 bits per heavy atom. The van der Waals surface area contributed by atoms with Crippen LogP contribution in [0.2, 0.25) is 0 Å². The SMILES string of the molecule is COc1c2c(c(NC(=O)CCc3ccccc3)c3c1OCO3)CCN(C)C2. The van der Waals surface area contributed by atoms with Gasteiger partial charge in [-0.05, 0) is 31.0 Å². The van der Waals surface area contributed by atoms with Crippen molar-refractivity contribution in [2.75, 3.05) is 32.8 Å². The molecule has 0 bridgehead atoms. The highest BCUT2D eigenvalue weighted by atomic mass is 16.7. The molecular weight excluding hydrogens is 344 g/mol. The number of hydrogen-bond donors (Lipinski definition) is 1. The number of anilines is 1. The average Bonchev–Trinajstić information content (AvgIpc) is 3.16. The number of methoxy groups -OCH3 is 1. The number of fused-ring (bicyclic) bond motifs is 2. The first-order valence-electron chi connectivity index (χ1n) is 9.21. The van der Waals surface area contributed by atoms with Gasteiger partial charge in [0.1, 0.15) is 0 Å². The van der Waals surface area contributed by atoms with Gasteiger partial charge in [0.25, 0.3) is 0 Å². The zero-order valence-electron chi connectivity index (χ0n) is 15.7. The van der Waals surface area contributed by atoms with Crippen LogP contribution in [0, 0.1) is 0 Å². The molecule has 0 aromatic heterocycles. The van der Waals surface area contributed by atoms with Crippen molar-refractivity contribution < 1.29 is 19.0 Å². The number of aryl methyl sites for hydroxylation is 1. The fraction of sp³-hybridized carbons (Fsp3) is 0.381. The third-order valence-corrected chi connectivity index (χ3v) is 5.11. The molecule has 0 fully saturated rings. The molecule has 0 radical (unpaired) electrons. The summed E-state index contributed by atoms with van der Waals surface area (Å²) in [7, 11) is 3.72. The Kier molecular flexibility index (Phi) is 4.90. The van der Waals surface area contributed by atoms with E-state index in [0.717, 1.165) is 41.9 Å². The lowest BCUT2D eigenvalue weighted by molar-refractivity contribution is -0.116. The van der Waals surface area contributed by atoms with E-state index in [-0.39, 0.29) is 12.7 Å². The van der Waals surface area contributed by atoms with E-state index in [2.05, 4.69) is 17.3 Å². The van der Waals surface area contributed by atoms with Crippen molar-refractivity contribution in [1.29, 1.82) is 0 Å². The lowest BCUT2D eigenvalue weighted by atomic mass is 9.95. The van der Waals surface area contributed by atoms with Gasteiger partial charge in [0.2, 0.25) is 18.4 Å². The highest BCUT2D eigenvalue weighted by Gasteiger charge is 2.33. The predicted octanol–water partition coefficient (Wildman–Crippen LogP) is 2.98. The van der Waals surface area contributed by atoms with Gasteiger partial charge in [-0.1, -0.05) is 30.3 Å². The van der Waals surface area contributed by atoms with Gasteiger partial charge in [-0.15, -0.1) is 0 Å². The number of ether oxygens (including phenoxy) is 3. The van der Waals surface area contributed by atoms with Crippen molar-refractivity contribution in [3.63, 3.8) is 0 Å². The van der Waals surface area contributed by atoms with Gasteiger partial charge in [0.05, 0.1) is 12.8 Å². The molecule has 6 nitrogen and oxygen atoms in total. The normalized spacial score (nSPS) is 15.3. The molecule has 1 amide bonds. The lowest BCUT2D eigenvalue weighted by Crippen LogP contribution is -2.28. The van der Waals surface area contributed by atoms with Crippen molar-refractivity contribution in [2.24, 2.45) is 0 Å². The van der Waals surface area contributed by atoms with E-state index in [1.165, 1.54) is 0 Å². The van der Waals surface area contributed by atoms with Gasteiger partial charge < -0.3 is 24.4 Å². The fourth-order valence-corrected chi connectivity index (χ4v) is 3.74. The second kappa shape index (κ2) is 7.48. The summed E-state index contributed by atoms with van der Waals surface area (Å²) in [6, 6.07) is 10.0. The van der Waals surface area contributed by atoms with Crippen LogP contribution in [0.4, 0.5) is 5.69 Å². The molecule has 0 aliphatic carbocycles. The third-order valence-electron chi connectivity index (χ3n) is 5.11. The van der Waals surface area contributed by atoms with Crippen LogP contribution in [-0.2, 0) is 24.2 Å². The van der Waals surface area contributed by atoms with Crippen LogP contribution in [0.15, 0.2) is 30.3 Å². The molecule has 2 aliphatic rings. The Labute approximate surface area is 159 Å². The van der Waals surface area contributed by atoms with Crippen LogP contribution in [0.25, 0.3) is 0 Å². The molecule has 2 aromatic rings. The Balaban J connectivity index is 1.61. The summed E-state index contributed by atoms with van der Waals surface area (Å²) >= 11 is 0. The van der Waals surface area contributed by atoms with Crippen LogP contribution in [-0.4, -0.2) is 38.3 Å². The van der Waals surface area contributed by atoms with Gasteiger partial charge in [-0.3, -0.25) is 4.79 Å². The van der Waals surface area contributed by atoms with Crippen molar-refractivity contribution in [2.45, 2.75) is 25.8 Å². The fourth-order valence-electron chi connectivity index (χ4n) is 3.74. The minimum Gasteiger partial charge on any atom is -0.492 e. The molecule has 6 heteroatoms. The Hall–Kier alpha value is -2.73. The Morgan fingerprint density at radius 1 is 1.19 bits per heavy atom. The molecule has 4 rings (SSSR count). The number of benzene rings is 2. The van der Waals surface area contributed by atoms with E-state index in [1.807, 2.05) is 30.3 Å². The van der Waals surface area contributed by atoms with Crippen LogP contribution < -0.4 is 19.5 Å². The first kappa shape index (κ1) is 17.7. The zero-order chi connectivity index (χ0) is 18.8. The summed E-state index contributed by atoms with van der Waals surface area (Å²) in [6.07, 6.45) is 1.95. The smallest absolute Gasteiger partial charge is 0.231 e. The maximum atomic E-state index is 12.6. The van der Waals surface area contributed by atoms with E-state index in [9.17, 15) is 4.79 Å². The van der Waals surface area contributed by atoms with Crippen molar-refractivity contribution in [3.8, 4) is 17.2 Å². The number of nitrogens with one attached hydrogen (secondary N) is 1. The average molecular weight is 368 g/mol. The monoisotopic (exact) mass is 368 g/mol. The van der Waals surface area contributed by atoms with Crippen LogP contribution in [0.5, 0.6) is 17.2 Å². The minimum atomic E-state index is -0.0251. The molecule has 1 N–H and O–H groups in total. The molecule has 142 valence electrons. The van der Waals surface area contributed by atoms with Gasteiger partial charge >= 0.3 is 0 Å². The molecule has 0 saturated carbocycles. The molecule has 0 unspecified atom stereocenters. The summed E-state index contributed by atoms with van der Waals surface area (Å²) in [5, 5.41) is 3.09. The van der Waals surface area contributed by atoms with E-state index in [1.54, 1.807) is 7.11 Å². The van der Waals surface area contributed by atoms with Crippen molar-refractivity contribution in [3.05, 3.63) is 47.0 Å². The van der Waals surface area contributed by atoms with E-state index < -0.39 is 0 Å². The van der Waals surface area contributed by atoms with Gasteiger partial charge in [0, 0.05) is 25.1 Å². The van der Waals surface area contributed by atoms with Crippen molar-refractivity contribution in [1.82, 2.24) is 4.90 Å². The third kappa shape index (κ3) is 3.45. The number of carbonyl (C=O) groups is 1. The predicted molar refractivity (Wildman–Crippen MR) is 103 cm³/mol. The topological polar surface area (TPSA) is 60.0 Å². The van der Waals surface area contributed by atoms with Gasteiger partial charge in [-0.25, -0.2) is 0 Å². The molecule has 2 aromatic carbocycles. The molecular formula is C21H24N2O4. The molecule has 0 atom stereocenters. The number of nitrogens with zero attached hydrogens (tertiary/aromatic N) is 1. The summed E-state index contributed by atoms with van der Waals surface area (Å²) < 4.78 is 17.0. The minimum absolute atomic E-state index is 0.0251. The standard InChI is InChI=1S/C21H24N2O4/c1-23-11-10-15-16(12-23)19(25-2)21-20(26-13-27-21)18(15)22-17(24)9-8-14-6-4-3-5-7-14/h3-7H,8-13H2,1-2H3,(H,22,24). The van der Waals surface area contributed by atoms with E-state index >= 15 is 0 Å². The van der Waals surface area contributed by atoms with Crippen LogP contribution >= 0.6 is 0 Å². The molecule has 2 aliphatic heterocycles. The summed E-state index contributed by atoms with van der Waals surface area (Å²) in [4.78, 5) is 14.9. The van der Waals surface area contributed by atoms with E-state index in [0.29, 0.717) is 30.1 Å². The zero-order valence-corrected chi connectivity index (χ0v) is 15.7.